The standard InChI is InChI=1S/C10H17N3O2/c1-8(11)10-4-12-7-13(10)5-9-6-14-2-3-15-9/h4,7-9H,2-3,5-6,11H2,1H3. The number of aromatic nitrogens is 2. The van der Waals surface area contributed by atoms with E-state index in [2.05, 4.69) is 4.98 Å². The molecule has 0 bridgehead atoms. The summed E-state index contributed by atoms with van der Waals surface area (Å²) in [5.41, 5.74) is 6.86. The average molecular weight is 211 g/mol. The minimum atomic E-state index is -0.00277. The van der Waals surface area contributed by atoms with Crippen molar-refractivity contribution in [3.05, 3.63) is 18.2 Å². The van der Waals surface area contributed by atoms with Crippen molar-refractivity contribution in [2.45, 2.75) is 25.6 Å². The van der Waals surface area contributed by atoms with Gasteiger partial charge in [0.15, 0.2) is 0 Å². The summed E-state index contributed by atoms with van der Waals surface area (Å²) in [5, 5.41) is 0. The average Bonchev–Trinajstić information content (AvgIpc) is 2.67. The van der Waals surface area contributed by atoms with Crippen molar-refractivity contribution in [1.29, 1.82) is 0 Å². The van der Waals surface area contributed by atoms with Crippen LogP contribution in [0.25, 0.3) is 0 Å². The van der Waals surface area contributed by atoms with Gasteiger partial charge in [-0.2, -0.15) is 0 Å². The molecule has 2 N–H and O–H groups in total. The minimum Gasteiger partial charge on any atom is -0.376 e. The van der Waals surface area contributed by atoms with E-state index in [4.69, 9.17) is 15.2 Å². The molecule has 2 atom stereocenters. The molecule has 0 aliphatic carbocycles. The molecule has 1 aliphatic heterocycles. The van der Waals surface area contributed by atoms with Gasteiger partial charge in [0.25, 0.3) is 0 Å². The summed E-state index contributed by atoms with van der Waals surface area (Å²) in [5.74, 6) is 0. The molecular formula is C10H17N3O2. The third-order valence-electron chi connectivity index (χ3n) is 2.50. The molecule has 1 aromatic rings. The van der Waals surface area contributed by atoms with E-state index < -0.39 is 0 Å². The molecule has 1 aromatic heterocycles. The molecule has 15 heavy (non-hydrogen) atoms. The summed E-state index contributed by atoms with van der Waals surface area (Å²) < 4.78 is 12.9. The molecule has 2 heterocycles. The van der Waals surface area contributed by atoms with Crippen LogP contribution in [0.15, 0.2) is 12.5 Å². The van der Waals surface area contributed by atoms with Crippen LogP contribution in [-0.4, -0.2) is 35.5 Å². The predicted molar refractivity (Wildman–Crippen MR) is 55.4 cm³/mol. The highest BCUT2D eigenvalue weighted by atomic mass is 16.6. The Morgan fingerprint density at radius 1 is 1.67 bits per heavy atom. The molecule has 1 aliphatic rings. The molecule has 0 amide bonds. The first-order valence-corrected chi connectivity index (χ1v) is 5.22. The van der Waals surface area contributed by atoms with Gasteiger partial charge in [0.2, 0.25) is 0 Å². The van der Waals surface area contributed by atoms with Gasteiger partial charge in [-0.15, -0.1) is 0 Å². The van der Waals surface area contributed by atoms with E-state index in [1.165, 1.54) is 0 Å². The molecule has 5 nitrogen and oxygen atoms in total. The van der Waals surface area contributed by atoms with Crippen molar-refractivity contribution in [2.24, 2.45) is 5.73 Å². The predicted octanol–water partition coefficient (Wildman–Crippen LogP) is 0.318. The smallest absolute Gasteiger partial charge is 0.0988 e. The van der Waals surface area contributed by atoms with Gasteiger partial charge in [0, 0.05) is 12.2 Å². The third-order valence-corrected chi connectivity index (χ3v) is 2.50. The van der Waals surface area contributed by atoms with E-state index in [1.54, 1.807) is 12.5 Å². The monoisotopic (exact) mass is 211 g/mol. The lowest BCUT2D eigenvalue weighted by atomic mass is 10.2. The van der Waals surface area contributed by atoms with Crippen LogP contribution in [0.3, 0.4) is 0 Å². The largest absolute Gasteiger partial charge is 0.376 e. The molecule has 84 valence electrons. The normalized spacial score (nSPS) is 24.0. The molecule has 1 fully saturated rings. The molecule has 0 saturated carbocycles. The Morgan fingerprint density at radius 3 is 3.20 bits per heavy atom. The Balaban J connectivity index is 1.99. The van der Waals surface area contributed by atoms with E-state index in [1.807, 2.05) is 11.5 Å². The van der Waals surface area contributed by atoms with Gasteiger partial charge >= 0.3 is 0 Å². The summed E-state index contributed by atoms with van der Waals surface area (Å²) in [6, 6.07) is -0.00277. The third kappa shape index (κ3) is 2.56. The van der Waals surface area contributed by atoms with Crippen molar-refractivity contribution in [3.8, 4) is 0 Å². The Labute approximate surface area is 89.2 Å². The van der Waals surface area contributed by atoms with Gasteiger partial charge in [-0.1, -0.05) is 0 Å². The molecule has 2 unspecified atom stereocenters. The first kappa shape index (κ1) is 10.6. The first-order valence-electron chi connectivity index (χ1n) is 5.22. The molecule has 0 spiro atoms. The number of nitrogens with two attached hydrogens (primary N) is 1. The van der Waals surface area contributed by atoms with E-state index in [-0.39, 0.29) is 12.1 Å². The highest BCUT2D eigenvalue weighted by Gasteiger charge is 2.16. The quantitative estimate of drug-likeness (QED) is 0.782. The van der Waals surface area contributed by atoms with Crippen LogP contribution in [0.5, 0.6) is 0 Å². The zero-order chi connectivity index (χ0) is 10.7. The maximum atomic E-state index is 5.83. The molecule has 1 saturated heterocycles. The topological polar surface area (TPSA) is 62.3 Å². The Hall–Kier alpha value is -0.910. The van der Waals surface area contributed by atoms with Gasteiger partial charge in [0.05, 0.1) is 44.5 Å². The van der Waals surface area contributed by atoms with Crippen molar-refractivity contribution >= 4 is 0 Å². The second-order valence-electron chi connectivity index (χ2n) is 3.83. The summed E-state index contributed by atoms with van der Waals surface area (Å²) in [6.45, 7) is 4.73. The second kappa shape index (κ2) is 4.74. The van der Waals surface area contributed by atoms with Crippen molar-refractivity contribution in [3.63, 3.8) is 0 Å². The number of rotatable bonds is 3. The van der Waals surface area contributed by atoms with Gasteiger partial charge in [0.1, 0.15) is 0 Å². The first-order chi connectivity index (χ1) is 7.27. The fourth-order valence-corrected chi connectivity index (χ4v) is 1.72. The highest BCUT2D eigenvalue weighted by molar-refractivity contribution is 5.03. The second-order valence-corrected chi connectivity index (χ2v) is 3.83. The highest BCUT2D eigenvalue weighted by Crippen LogP contribution is 2.11. The summed E-state index contributed by atoms with van der Waals surface area (Å²) >= 11 is 0. The molecular weight excluding hydrogens is 194 g/mol. The molecule has 0 aromatic carbocycles. The molecule has 0 radical (unpaired) electrons. The van der Waals surface area contributed by atoms with Crippen LogP contribution in [0.4, 0.5) is 0 Å². The Bertz CT molecular complexity index is 305. The summed E-state index contributed by atoms with van der Waals surface area (Å²) in [4.78, 5) is 4.10. The van der Waals surface area contributed by atoms with Crippen LogP contribution < -0.4 is 5.73 Å². The zero-order valence-electron chi connectivity index (χ0n) is 8.93. The number of nitrogens with zero attached hydrogens (tertiary/aromatic N) is 2. The molecule has 2 rings (SSSR count). The summed E-state index contributed by atoms with van der Waals surface area (Å²) in [7, 11) is 0. The summed E-state index contributed by atoms with van der Waals surface area (Å²) in [6.07, 6.45) is 3.70. The lowest BCUT2D eigenvalue weighted by Gasteiger charge is -2.24. The van der Waals surface area contributed by atoms with Gasteiger partial charge in [-0.05, 0) is 6.92 Å². The van der Waals surface area contributed by atoms with E-state index in [0.29, 0.717) is 19.8 Å². The van der Waals surface area contributed by atoms with E-state index in [9.17, 15) is 0 Å². The van der Waals surface area contributed by atoms with Crippen LogP contribution in [0.1, 0.15) is 18.7 Å². The van der Waals surface area contributed by atoms with Crippen LogP contribution in [0.2, 0.25) is 0 Å². The van der Waals surface area contributed by atoms with Gasteiger partial charge in [-0.25, -0.2) is 4.98 Å². The Morgan fingerprint density at radius 2 is 2.53 bits per heavy atom. The van der Waals surface area contributed by atoms with E-state index >= 15 is 0 Å². The minimum absolute atomic E-state index is 0.00277. The number of hydrogen-bond acceptors (Lipinski definition) is 4. The van der Waals surface area contributed by atoms with Crippen LogP contribution in [0, 0.1) is 0 Å². The van der Waals surface area contributed by atoms with Gasteiger partial charge in [-0.3, -0.25) is 0 Å². The maximum absolute atomic E-state index is 5.83. The zero-order valence-corrected chi connectivity index (χ0v) is 8.93. The number of imidazole rings is 1. The van der Waals surface area contributed by atoms with Crippen molar-refractivity contribution in [1.82, 2.24) is 9.55 Å². The Kier molecular flexibility index (Phi) is 3.35. The van der Waals surface area contributed by atoms with E-state index in [0.717, 1.165) is 12.2 Å². The lowest BCUT2D eigenvalue weighted by molar-refractivity contribution is -0.0938. The molecule has 5 heteroatoms. The fourth-order valence-electron chi connectivity index (χ4n) is 1.72. The number of hydrogen-bond donors (Lipinski definition) is 1. The van der Waals surface area contributed by atoms with Crippen LogP contribution >= 0.6 is 0 Å². The lowest BCUT2D eigenvalue weighted by Crippen LogP contribution is -2.32. The maximum Gasteiger partial charge on any atom is 0.0988 e. The van der Waals surface area contributed by atoms with Crippen LogP contribution in [-0.2, 0) is 16.0 Å². The SMILES string of the molecule is CC(N)c1cncn1CC1COCCO1. The van der Waals surface area contributed by atoms with Crippen molar-refractivity contribution < 1.29 is 9.47 Å². The fraction of sp³-hybridized carbons (Fsp3) is 0.700. The van der Waals surface area contributed by atoms with Gasteiger partial charge < -0.3 is 19.8 Å². The van der Waals surface area contributed by atoms with Crippen molar-refractivity contribution in [2.75, 3.05) is 19.8 Å². The number of ether oxygens (including phenoxy) is 2.